The molecule has 0 spiro atoms. The first-order chi connectivity index (χ1) is 20.3. The van der Waals surface area contributed by atoms with Gasteiger partial charge in [-0.25, -0.2) is 16.8 Å². The Morgan fingerprint density at radius 2 is 0.929 bits per heavy atom. The summed E-state index contributed by atoms with van der Waals surface area (Å²) in [6.45, 7) is 1.71. The average Bonchev–Trinajstić information content (AvgIpc) is 3.23. The van der Waals surface area contributed by atoms with Crippen LogP contribution in [0.2, 0.25) is 0 Å². The molecule has 12 heteroatoms. The summed E-state index contributed by atoms with van der Waals surface area (Å²) in [6, 6.07) is 8.90. The molecule has 10 nitrogen and oxygen atoms in total. The molecule has 2 saturated heterocycles. The second kappa shape index (κ2) is 13.3. The van der Waals surface area contributed by atoms with Gasteiger partial charge in [0.15, 0.2) is 0 Å². The van der Waals surface area contributed by atoms with E-state index in [2.05, 4.69) is 10.7 Å². The molecule has 3 aromatic rings. The lowest BCUT2D eigenvalue weighted by Crippen LogP contribution is -2.32. The van der Waals surface area contributed by atoms with E-state index in [0.717, 1.165) is 77.0 Å². The standard InChI is InChI=1S/C30H40N4O6S2/c35-31-29-25-15-13-23(41(37,38)33-17-9-5-1-2-6-10-18-33)21-27(25)30(32-36)28-22-24(14-16-26(28)29)42(39,40)34-19-11-7-3-4-8-12-20-34/h13-16,21-22,31,35H,1-12,17-20H2. The van der Waals surface area contributed by atoms with Crippen LogP contribution in [0, 0.1) is 4.91 Å². The summed E-state index contributed by atoms with van der Waals surface area (Å²) in [5.74, 6) is 0. The van der Waals surface area contributed by atoms with Crippen LogP contribution in [-0.4, -0.2) is 56.8 Å². The number of fused-ring (bicyclic) bond motifs is 2. The van der Waals surface area contributed by atoms with Crippen LogP contribution in [-0.2, 0) is 20.0 Å². The van der Waals surface area contributed by atoms with Gasteiger partial charge in [0.2, 0.25) is 20.0 Å². The third-order valence-corrected chi connectivity index (χ3v) is 12.4. The maximum atomic E-state index is 13.7. The molecule has 3 aromatic carbocycles. The zero-order valence-corrected chi connectivity index (χ0v) is 25.6. The Bertz CT molecular complexity index is 1520. The first-order valence-electron chi connectivity index (χ1n) is 15.1. The lowest BCUT2D eigenvalue weighted by Gasteiger charge is -2.23. The molecule has 0 atom stereocenters. The van der Waals surface area contributed by atoms with Crippen LogP contribution < -0.4 is 5.48 Å². The third kappa shape index (κ3) is 6.19. The third-order valence-electron chi connectivity index (χ3n) is 8.64. The van der Waals surface area contributed by atoms with Crippen LogP contribution in [0.4, 0.5) is 11.4 Å². The highest BCUT2D eigenvalue weighted by Crippen LogP contribution is 2.43. The van der Waals surface area contributed by atoms with Crippen molar-refractivity contribution in [1.29, 1.82) is 0 Å². The number of hydrogen-bond acceptors (Lipinski definition) is 8. The molecule has 5 rings (SSSR count). The summed E-state index contributed by atoms with van der Waals surface area (Å²) in [5, 5.41) is 14.6. The summed E-state index contributed by atoms with van der Waals surface area (Å²) in [7, 11) is -7.72. The van der Waals surface area contributed by atoms with Crippen LogP contribution in [0.1, 0.15) is 77.0 Å². The van der Waals surface area contributed by atoms with Crippen molar-refractivity contribution in [3.8, 4) is 0 Å². The van der Waals surface area contributed by atoms with Gasteiger partial charge in [0.25, 0.3) is 0 Å². The van der Waals surface area contributed by atoms with E-state index in [1.165, 1.54) is 32.9 Å². The summed E-state index contributed by atoms with van der Waals surface area (Å²) < 4.78 is 57.9. The van der Waals surface area contributed by atoms with E-state index < -0.39 is 20.0 Å². The van der Waals surface area contributed by atoms with E-state index in [-0.39, 0.29) is 31.9 Å². The van der Waals surface area contributed by atoms with Gasteiger partial charge >= 0.3 is 0 Å². The molecule has 2 fully saturated rings. The van der Waals surface area contributed by atoms with Gasteiger partial charge in [0.05, 0.1) is 15.5 Å². The second-order valence-corrected chi connectivity index (χ2v) is 15.3. The molecule has 2 heterocycles. The van der Waals surface area contributed by atoms with Gasteiger partial charge in [-0.3, -0.25) is 10.7 Å². The summed E-state index contributed by atoms with van der Waals surface area (Å²) in [4.78, 5) is 12.4. The number of rotatable bonds is 6. The highest BCUT2D eigenvalue weighted by atomic mass is 32.2. The zero-order chi connectivity index (χ0) is 29.7. The van der Waals surface area contributed by atoms with Crippen LogP contribution in [0.15, 0.2) is 51.4 Å². The molecule has 42 heavy (non-hydrogen) atoms. The van der Waals surface area contributed by atoms with Crippen molar-refractivity contribution in [1.82, 2.24) is 8.61 Å². The van der Waals surface area contributed by atoms with Crippen molar-refractivity contribution < 1.29 is 22.0 Å². The van der Waals surface area contributed by atoms with Gasteiger partial charge in [-0.05, 0) is 55.1 Å². The van der Waals surface area contributed by atoms with Crippen molar-refractivity contribution in [2.45, 2.75) is 86.8 Å². The topological polar surface area (TPSA) is 136 Å². The summed E-state index contributed by atoms with van der Waals surface area (Å²) in [5.41, 5.74) is 2.36. The summed E-state index contributed by atoms with van der Waals surface area (Å²) >= 11 is 0. The van der Waals surface area contributed by atoms with Crippen molar-refractivity contribution in [2.75, 3.05) is 31.7 Å². The Labute approximate surface area is 248 Å². The first kappa shape index (κ1) is 30.8. The molecule has 0 aliphatic carbocycles. The highest BCUT2D eigenvalue weighted by molar-refractivity contribution is 7.89. The molecular weight excluding hydrogens is 576 g/mol. The van der Waals surface area contributed by atoms with Crippen LogP contribution in [0.3, 0.4) is 0 Å². The number of anilines is 1. The molecule has 228 valence electrons. The minimum Gasteiger partial charge on any atom is -0.291 e. The molecule has 2 N–H and O–H groups in total. The van der Waals surface area contributed by atoms with E-state index >= 15 is 0 Å². The smallest absolute Gasteiger partial charge is 0.243 e. The number of nitrogens with one attached hydrogen (secondary N) is 1. The largest absolute Gasteiger partial charge is 0.291 e. The second-order valence-electron chi connectivity index (χ2n) is 11.4. The summed E-state index contributed by atoms with van der Waals surface area (Å²) in [6.07, 6.45) is 11.4. The van der Waals surface area contributed by atoms with Crippen molar-refractivity contribution in [2.24, 2.45) is 5.18 Å². The lowest BCUT2D eigenvalue weighted by atomic mass is 9.99. The molecule has 0 saturated carbocycles. The number of nitrogens with zero attached hydrogens (tertiary/aromatic N) is 3. The molecule has 2 aliphatic heterocycles. The first-order valence-corrected chi connectivity index (χ1v) is 17.9. The average molecular weight is 617 g/mol. The van der Waals surface area contributed by atoms with Crippen molar-refractivity contribution in [3.63, 3.8) is 0 Å². The molecule has 0 unspecified atom stereocenters. The van der Waals surface area contributed by atoms with Gasteiger partial charge in [-0.15, -0.1) is 4.91 Å². The lowest BCUT2D eigenvalue weighted by molar-refractivity contribution is 0.390. The van der Waals surface area contributed by atoms with Gasteiger partial charge in [0.1, 0.15) is 5.69 Å². The molecule has 0 radical (unpaired) electrons. The number of nitroso groups, excluding NO2 is 1. The predicted molar refractivity (Wildman–Crippen MR) is 165 cm³/mol. The van der Waals surface area contributed by atoms with Crippen LogP contribution >= 0.6 is 0 Å². The minimum absolute atomic E-state index is 0.0304. The Morgan fingerprint density at radius 3 is 1.26 bits per heavy atom. The molecule has 0 amide bonds. The molecule has 0 aromatic heterocycles. The van der Waals surface area contributed by atoms with E-state index in [1.807, 2.05) is 0 Å². The monoisotopic (exact) mass is 616 g/mol. The molecular formula is C30H40N4O6S2. The van der Waals surface area contributed by atoms with Crippen molar-refractivity contribution in [3.05, 3.63) is 41.3 Å². The fourth-order valence-electron chi connectivity index (χ4n) is 6.27. The maximum absolute atomic E-state index is 13.7. The molecule has 2 aliphatic rings. The van der Waals surface area contributed by atoms with Crippen molar-refractivity contribution >= 4 is 53.0 Å². The van der Waals surface area contributed by atoms with E-state index in [4.69, 9.17) is 0 Å². The van der Waals surface area contributed by atoms with Gasteiger partial charge < -0.3 is 0 Å². The number of sulfonamides is 2. The SMILES string of the molecule is O=Nc1c2cc(S(=O)(=O)N3CCCCCCCC3)ccc2c(NO)c2ccc(S(=O)(=O)N3CCCCCCCC3)cc12. The van der Waals surface area contributed by atoms with Crippen LogP contribution in [0.5, 0.6) is 0 Å². The van der Waals surface area contributed by atoms with E-state index in [1.54, 1.807) is 12.1 Å². The normalized spacial score (nSPS) is 19.3. The number of hydrogen-bond donors (Lipinski definition) is 2. The van der Waals surface area contributed by atoms with Gasteiger partial charge in [-0.1, -0.05) is 63.5 Å². The zero-order valence-electron chi connectivity index (χ0n) is 23.9. The quantitative estimate of drug-likeness (QED) is 0.175. The van der Waals surface area contributed by atoms with Gasteiger partial charge in [0, 0.05) is 47.7 Å². The molecule has 0 bridgehead atoms. The van der Waals surface area contributed by atoms with E-state index in [9.17, 15) is 26.9 Å². The Balaban J connectivity index is 1.62. The fourth-order valence-corrected chi connectivity index (χ4v) is 9.36. The fraction of sp³-hybridized carbons (Fsp3) is 0.533. The Kier molecular flexibility index (Phi) is 9.78. The highest BCUT2D eigenvalue weighted by Gasteiger charge is 2.28. The minimum atomic E-state index is -3.86. The predicted octanol–water partition coefficient (Wildman–Crippen LogP) is 6.88. The Morgan fingerprint density at radius 1 is 0.571 bits per heavy atom. The maximum Gasteiger partial charge on any atom is 0.243 e. The van der Waals surface area contributed by atoms with E-state index in [0.29, 0.717) is 37.0 Å². The number of benzene rings is 3. The Hall–Kier alpha value is -2.64. The van der Waals surface area contributed by atoms with Crippen LogP contribution in [0.25, 0.3) is 21.5 Å². The van der Waals surface area contributed by atoms with Gasteiger partial charge in [-0.2, -0.15) is 8.61 Å².